The molecule has 0 unspecified atom stereocenters. The number of halogens is 2. The number of aliphatic imine (C=N–C) groups is 1. The van der Waals surface area contributed by atoms with Crippen LogP contribution in [0, 0.1) is 0 Å². The van der Waals surface area contributed by atoms with E-state index in [4.69, 9.17) is 11.6 Å². The highest BCUT2D eigenvalue weighted by Crippen LogP contribution is 2.31. The second kappa shape index (κ2) is 10.5. The monoisotopic (exact) mass is 578 g/mol. The Morgan fingerprint density at radius 2 is 1.70 bits per heavy atom. The van der Waals surface area contributed by atoms with Crippen molar-refractivity contribution in [3.63, 3.8) is 0 Å². The van der Waals surface area contributed by atoms with Crippen molar-refractivity contribution in [3.05, 3.63) is 62.8 Å². The molecule has 0 aliphatic carbocycles. The third-order valence-corrected chi connectivity index (χ3v) is 10.6. The number of carbonyl (C=O) groups excluding carboxylic acids is 1. The summed E-state index contributed by atoms with van der Waals surface area (Å²) in [7, 11) is -3.65. The Kier molecular flexibility index (Phi) is 7.53. The number of sulfonamides is 1. The molecule has 0 bridgehead atoms. The molecular weight excluding hydrogens is 551 g/mol. The van der Waals surface area contributed by atoms with Crippen LogP contribution in [-0.4, -0.2) is 73.5 Å². The molecule has 4 heterocycles. The molecule has 0 saturated carbocycles. The molecule has 3 aliphatic rings. The van der Waals surface area contributed by atoms with Gasteiger partial charge in [-0.3, -0.25) is 9.79 Å². The molecule has 1 amide bonds. The third-order valence-electron chi connectivity index (χ3n) is 7.23. The highest BCUT2D eigenvalue weighted by Gasteiger charge is 2.32. The Balaban J connectivity index is 0.00000280. The van der Waals surface area contributed by atoms with Crippen LogP contribution in [0.2, 0.25) is 5.02 Å². The van der Waals surface area contributed by atoms with Crippen molar-refractivity contribution >= 4 is 67.9 Å². The van der Waals surface area contributed by atoms with Gasteiger partial charge >= 0.3 is 0 Å². The summed E-state index contributed by atoms with van der Waals surface area (Å²) < 4.78 is 28.1. The van der Waals surface area contributed by atoms with E-state index < -0.39 is 10.0 Å². The van der Waals surface area contributed by atoms with Crippen molar-refractivity contribution < 1.29 is 13.2 Å². The van der Waals surface area contributed by atoms with E-state index in [0.717, 1.165) is 54.5 Å². The maximum Gasteiger partial charge on any atom is 0.264 e. The Morgan fingerprint density at radius 1 is 0.946 bits per heavy atom. The van der Waals surface area contributed by atoms with Crippen molar-refractivity contribution in [2.24, 2.45) is 4.99 Å². The first-order valence-electron chi connectivity index (χ1n) is 12.3. The number of piperazine rings is 1. The molecule has 0 atom stereocenters. The number of nitrogens with zero attached hydrogens (tertiary/aromatic N) is 4. The molecule has 3 aliphatic heterocycles. The van der Waals surface area contributed by atoms with E-state index in [9.17, 15) is 13.2 Å². The summed E-state index contributed by atoms with van der Waals surface area (Å²) in [6, 6.07) is 12.5. The molecule has 11 heteroatoms. The molecule has 196 valence electrons. The van der Waals surface area contributed by atoms with Gasteiger partial charge in [-0.2, -0.15) is 4.31 Å². The second-order valence-corrected chi connectivity index (χ2v) is 13.0. The van der Waals surface area contributed by atoms with Crippen LogP contribution in [0.1, 0.15) is 33.0 Å². The third kappa shape index (κ3) is 5.12. The van der Waals surface area contributed by atoms with Crippen LogP contribution in [0.25, 0.3) is 10.8 Å². The number of carbonyl (C=O) groups is 1. The summed E-state index contributed by atoms with van der Waals surface area (Å²) in [6.07, 6.45) is 3.12. The summed E-state index contributed by atoms with van der Waals surface area (Å²) in [5, 5.41) is 2.34. The molecule has 0 spiro atoms. The van der Waals surface area contributed by atoms with Crippen molar-refractivity contribution in [2.45, 2.75) is 30.7 Å². The Bertz CT molecular complexity index is 1480. The molecule has 6 rings (SSSR count). The summed E-state index contributed by atoms with van der Waals surface area (Å²) >= 11 is 7.64. The zero-order valence-electron chi connectivity index (χ0n) is 20.2. The highest BCUT2D eigenvalue weighted by atomic mass is 35.5. The molecule has 1 aromatic heterocycles. The normalized spacial score (nSPS) is 18.5. The zero-order valence-corrected chi connectivity index (χ0v) is 23.4. The number of thiophene rings is 1. The molecule has 1 fully saturated rings. The summed E-state index contributed by atoms with van der Waals surface area (Å²) in [5.74, 6) is 1.20. The number of amides is 1. The number of hydrogen-bond donors (Lipinski definition) is 0. The number of rotatable bonds is 3. The van der Waals surface area contributed by atoms with Crippen molar-refractivity contribution in [3.8, 4) is 0 Å². The minimum absolute atomic E-state index is 0. The predicted octanol–water partition coefficient (Wildman–Crippen LogP) is 4.67. The lowest BCUT2D eigenvalue weighted by Crippen LogP contribution is -2.50. The summed E-state index contributed by atoms with van der Waals surface area (Å²) in [4.78, 5) is 24.3. The largest absolute Gasteiger partial charge is 0.356 e. The maximum absolute atomic E-state index is 13.3. The quantitative estimate of drug-likeness (QED) is 0.452. The SMILES string of the molecule is Cl.O=C(c1cc2c(s1)CCN(C1=NCCC1)C2)N1CCN(S(=O)(=O)c2ccc3cc(Cl)ccc3c2)CC1. The first-order chi connectivity index (χ1) is 17.4. The van der Waals surface area contributed by atoms with Gasteiger partial charge in [-0.05, 0) is 59.5 Å². The highest BCUT2D eigenvalue weighted by molar-refractivity contribution is 7.89. The van der Waals surface area contributed by atoms with E-state index >= 15 is 0 Å². The number of benzene rings is 2. The van der Waals surface area contributed by atoms with Crippen molar-refractivity contribution in [1.29, 1.82) is 0 Å². The number of hydrogen-bond acceptors (Lipinski definition) is 6. The molecule has 1 saturated heterocycles. The fourth-order valence-corrected chi connectivity index (χ4v) is 8.00. The van der Waals surface area contributed by atoms with Gasteiger partial charge in [0.1, 0.15) is 0 Å². The lowest BCUT2D eigenvalue weighted by atomic mass is 10.1. The van der Waals surface area contributed by atoms with Crippen LogP contribution in [0.4, 0.5) is 0 Å². The molecule has 3 aromatic rings. The number of fused-ring (bicyclic) bond motifs is 2. The van der Waals surface area contributed by atoms with E-state index in [-0.39, 0.29) is 36.3 Å². The van der Waals surface area contributed by atoms with Gasteiger partial charge in [-0.1, -0.05) is 23.7 Å². The average Bonchev–Trinajstić information content (AvgIpc) is 3.58. The van der Waals surface area contributed by atoms with Crippen LogP contribution in [0.15, 0.2) is 52.4 Å². The van der Waals surface area contributed by atoms with Gasteiger partial charge in [0.15, 0.2) is 0 Å². The van der Waals surface area contributed by atoms with Gasteiger partial charge in [-0.15, -0.1) is 23.7 Å². The Hall–Kier alpha value is -2.17. The number of amidine groups is 1. The minimum atomic E-state index is -3.65. The van der Waals surface area contributed by atoms with E-state index in [2.05, 4.69) is 9.89 Å². The molecular formula is C26H28Cl2N4O3S2. The first kappa shape index (κ1) is 26.4. The second-order valence-electron chi connectivity index (χ2n) is 9.48. The fraction of sp³-hybridized carbons (Fsp3) is 0.385. The van der Waals surface area contributed by atoms with Crippen LogP contribution >= 0.6 is 35.3 Å². The molecule has 7 nitrogen and oxygen atoms in total. The van der Waals surface area contributed by atoms with Crippen LogP contribution in [0.3, 0.4) is 0 Å². The molecule has 0 N–H and O–H groups in total. The van der Waals surface area contributed by atoms with E-state index in [0.29, 0.717) is 18.1 Å². The topological polar surface area (TPSA) is 73.3 Å². The zero-order chi connectivity index (χ0) is 24.9. The van der Waals surface area contributed by atoms with Crippen LogP contribution < -0.4 is 0 Å². The predicted molar refractivity (Wildman–Crippen MR) is 151 cm³/mol. The maximum atomic E-state index is 13.3. The van der Waals surface area contributed by atoms with Gasteiger partial charge in [0.25, 0.3) is 5.91 Å². The van der Waals surface area contributed by atoms with Gasteiger partial charge in [-0.25, -0.2) is 8.42 Å². The van der Waals surface area contributed by atoms with Gasteiger partial charge in [0.05, 0.1) is 15.6 Å². The van der Waals surface area contributed by atoms with Crippen LogP contribution in [0.5, 0.6) is 0 Å². The standard InChI is InChI=1S/C26H27ClN4O3S2.ClH/c27-21-5-3-19-15-22(6-4-18(19)14-21)36(33,34)31-12-10-29(11-13-31)26(32)24-16-20-17-30(9-7-23(20)35-24)25-2-1-8-28-25;/h3-6,14-16H,1-2,7-13,17H2;1H. The van der Waals surface area contributed by atoms with Crippen molar-refractivity contribution in [1.82, 2.24) is 14.1 Å². The Labute approximate surface area is 232 Å². The van der Waals surface area contributed by atoms with Crippen molar-refractivity contribution in [2.75, 3.05) is 39.3 Å². The van der Waals surface area contributed by atoms with E-state index in [1.165, 1.54) is 20.6 Å². The summed E-state index contributed by atoms with van der Waals surface area (Å²) in [5.41, 5.74) is 1.23. The minimum Gasteiger partial charge on any atom is -0.356 e. The first-order valence-corrected chi connectivity index (χ1v) is 14.9. The van der Waals surface area contributed by atoms with E-state index in [1.807, 2.05) is 18.2 Å². The molecule has 0 radical (unpaired) electrons. The average molecular weight is 580 g/mol. The fourth-order valence-electron chi connectivity index (χ4n) is 5.23. The smallest absolute Gasteiger partial charge is 0.264 e. The lowest BCUT2D eigenvalue weighted by Gasteiger charge is -2.33. The van der Waals surface area contributed by atoms with Crippen LogP contribution in [-0.2, 0) is 23.0 Å². The van der Waals surface area contributed by atoms with Gasteiger partial charge < -0.3 is 9.80 Å². The Morgan fingerprint density at radius 3 is 2.46 bits per heavy atom. The molecule has 37 heavy (non-hydrogen) atoms. The molecule has 2 aromatic carbocycles. The van der Waals surface area contributed by atoms with Gasteiger partial charge in [0, 0.05) is 62.1 Å². The van der Waals surface area contributed by atoms with Gasteiger partial charge in [0.2, 0.25) is 10.0 Å². The summed E-state index contributed by atoms with van der Waals surface area (Å²) in [6.45, 7) is 4.03. The lowest BCUT2D eigenvalue weighted by molar-refractivity contribution is 0.0702. The van der Waals surface area contributed by atoms with E-state index in [1.54, 1.807) is 40.5 Å².